The minimum Gasteiger partial charge on any atom is -0.326 e. The molecule has 0 saturated heterocycles. The van der Waals surface area contributed by atoms with Gasteiger partial charge >= 0.3 is 6.18 Å². The lowest BCUT2D eigenvalue weighted by atomic mass is 10.0. The number of benzene rings is 1. The molecule has 0 aliphatic carbocycles. The first-order valence-corrected chi connectivity index (χ1v) is 6.38. The van der Waals surface area contributed by atoms with Gasteiger partial charge in [0.25, 0.3) is 5.56 Å². The van der Waals surface area contributed by atoms with E-state index >= 15 is 0 Å². The van der Waals surface area contributed by atoms with E-state index in [9.17, 15) is 18.0 Å². The minimum absolute atomic E-state index is 0.120. The van der Waals surface area contributed by atoms with Gasteiger partial charge in [-0.1, -0.05) is 24.3 Å². The molecule has 0 radical (unpaired) electrons. The summed E-state index contributed by atoms with van der Waals surface area (Å²) in [5, 5.41) is 0. The number of hydrogen-bond donors (Lipinski definition) is 1. The summed E-state index contributed by atoms with van der Waals surface area (Å²) in [5.74, 6) is 0. The molecule has 0 aliphatic rings. The third-order valence-corrected chi connectivity index (χ3v) is 3.31. The molecule has 0 amide bonds. The van der Waals surface area contributed by atoms with Crippen molar-refractivity contribution < 1.29 is 13.2 Å². The fraction of sp³-hybridized carbons (Fsp3) is 0.267. The Morgan fingerprint density at radius 3 is 2.48 bits per heavy atom. The summed E-state index contributed by atoms with van der Waals surface area (Å²) >= 11 is 0. The number of halogens is 3. The molecule has 0 fully saturated rings. The van der Waals surface area contributed by atoms with E-state index in [1.165, 1.54) is 0 Å². The van der Waals surface area contributed by atoms with Crippen molar-refractivity contribution in [1.82, 2.24) is 4.57 Å². The second kappa shape index (κ2) is 5.73. The van der Waals surface area contributed by atoms with Crippen molar-refractivity contribution in [3.05, 3.63) is 69.1 Å². The zero-order valence-electron chi connectivity index (χ0n) is 11.4. The van der Waals surface area contributed by atoms with E-state index in [0.717, 1.165) is 33.9 Å². The van der Waals surface area contributed by atoms with Crippen LogP contribution in [0.15, 0.2) is 41.2 Å². The zero-order valence-corrected chi connectivity index (χ0v) is 11.4. The molecule has 0 spiro atoms. The summed E-state index contributed by atoms with van der Waals surface area (Å²) in [6.45, 7) is 2.03. The van der Waals surface area contributed by atoms with E-state index in [0.29, 0.717) is 12.1 Å². The molecule has 1 aromatic heterocycles. The van der Waals surface area contributed by atoms with Crippen molar-refractivity contribution in [2.24, 2.45) is 5.73 Å². The molecule has 2 aromatic rings. The highest BCUT2D eigenvalue weighted by Crippen LogP contribution is 2.28. The molecule has 2 rings (SSSR count). The van der Waals surface area contributed by atoms with E-state index in [4.69, 9.17) is 5.73 Å². The summed E-state index contributed by atoms with van der Waals surface area (Å²) in [7, 11) is 0. The Labute approximate surface area is 119 Å². The molecule has 0 aliphatic heterocycles. The van der Waals surface area contributed by atoms with Gasteiger partial charge in [0, 0.05) is 12.6 Å². The van der Waals surface area contributed by atoms with Crippen molar-refractivity contribution in [2.45, 2.75) is 26.2 Å². The van der Waals surface area contributed by atoms with Crippen molar-refractivity contribution >= 4 is 0 Å². The second-order valence-electron chi connectivity index (χ2n) is 4.80. The maximum Gasteiger partial charge on any atom is 0.431 e. The van der Waals surface area contributed by atoms with Crippen LogP contribution in [0.25, 0.3) is 0 Å². The molecule has 2 N–H and O–H groups in total. The number of aryl methyl sites for hydroxylation is 1. The lowest BCUT2D eigenvalue weighted by molar-refractivity contribution is -0.144. The monoisotopic (exact) mass is 296 g/mol. The first-order valence-electron chi connectivity index (χ1n) is 6.38. The number of aromatic nitrogens is 1. The van der Waals surface area contributed by atoms with E-state index in [1.807, 2.05) is 6.07 Å². The topological polar surface area (TPSA) is 48.0 Å². The molecule has 0 unspecified atom stereocenters. The Balaban J connectivity index is 2.47. The van der Waals surface area contributed by atoms with Crippen LogP contribution in [0.3, 0.4) is 0 Å². The number of alkyl halides is 3. The second-order valence-corrected chi connectivity index (χ2v) is 4.80. The van der Waals surface area contributed by atoms with Gasteiger partial charge in [0.15, 0.2) is 0 Å². The van der Waals surface area contributed by atoms with Crippen LogP contribution in [0, 0.1) is 6.92 Å². The fourth-order valence-corrected chi connectivity index (χ4v) is 2.16. The molecule has 0 saturated carbocycles. The normalized spacial score (nSPS) is 11.7. The highest BCUT2D eigenvalue weighted by molar-refractivity contribution is 5.31. The molecule has 112 valence electrons. The summed E-state index contributed by atoms with van der Waals surface area (Å²) in [4.78, 5) is 11.8. The molecular formula is C15H15F3N2O. The van der Waals surface area contributed by atoms with E-state index in [1.54, 1.807) is 19.1 Å². The van der Waals surface area contributed by atoms with Gasteiger partial charge in [-0.2, -0.15) is 13.2 Å². The number of hydrogen-bond acceptors (Lipinski definition) is 2. The zero-order chi connectivity index (χ0) is 15.6. The van der Waals surface area contributed by atoms with E-state index in [-0.39, 0.29) is 6.54 Å². The van der Waals surface area contributed by atoms with Crippen molar-refractivity contribution in [2.75, 3.05) is 0 Å². The van der Waals surface area contributed by atoms with E-state index in [2.05, 4.69) is 0 Å². The van der Waals surface area contributed by atoms with Gasteiger partial charge < -0.3 is 5.73 Å². The Kier molecular flexibility index (Phi) is 4.18. The summed E-state index contributed by atoms with van der Waals surface area (Å²) in [6, 6.07) is 8.42. The van der Waals surface area contributed by atoms with Crippen molar-refractivity contribution in [3.8, 4) is 0 Å². The molecule has 6 heteroatoms. The Morgan fingerprint density at radius 1 is 1.19 bits per heavy atom. The molecular weight excluding hydrogens is 281 g/mol. The minimum atomic E-state index is -4.56. The summed E-state index contributed by atoms with van der Waals surface area (Å²) in [6.07, 6.45) is -4.56. The standard InChI is InChI=1S/C15H15F3N2O/c1-10-7-11(8-19)5-6-12(10)9-20-13(15(16,17)18)3-2-4-14(20)21/h2-7H,8-9,19H2,1H3. The summed E-state index contributed by atoms with van der Waals surface area (Å²) in [5.41, 5.74) is 6.26. The number of rotatable bonds is 3. The lowest BCUT2D eigenvalue weighted by Crippen LogP contribution is -2.27. The van der Waals surface area contributed by atoms with E-state index < -0.39 is 17.4 Å². The van der Waals surface area contributed by atoms with Gasteiger partial charge in [0.05, 0.1) is 6.54 Å². The predicted octanol–water partition coefficient (Wildman–Crippen LogP) is 2.68. The average molecular weight is 296 g/mol. The van der Waals surface area contributed by atoms with Crippen LogP contribution >= 0.6 is 0 Å². The number of nitrogens with two attached hydrogens (primary N) is 1. The van der Waals surface area contributed by atoms with Gasteiger partial charge in [-0.25, -0.2) is 0 Å². The first kappa shape index (κ1) is 15.3. The highest BCUT2D eigenvalue weighted by Gasteiger charge is 2.34. The maximum absolute atomic E-state index is 13.0. The van der Waals surface area contributed by atoms with Gasteiger partial charge in [0.2, 0.25) is 0 Å². The Hall–Kier alpha value is -2.08. The molecule has 1 heterocycles. The van der Waals surface area contributed by atoms with Crippen LogP contribution in [0.4, 0.5) is 13.2 Å². The third kappa shape index (κ3) is 3.33. The molecule has 0 atom stereocenters. The fourth-order valence-electron chi connectivity index (χ4n) is 2.16. The Bertz CT molecular complexity index is 705. The van der Waals surface area contributed by atoms with Gasteiger partial charge in [-0.3, -0.25) is 9.36 Å². The Morgan fingerprint density at radius 2 is 1.90 bits per heavy atom. The third-order valence-electron chi connectivity index (χ3n) is 3.31. The maximum atomic E-state index is 13.0. The van der Waals surface area contributed by atoms with Crippen LogP contribution in [0.1, 0.15) is 22.4 Å². The molecule has 0 bridgehead atoms. The summed E-state index contributed by atoms with van der Waals surface area (Å²) < 4.78 is 39.7. The molecule has 21 heavy (non-hydrogen) atoms. The highest BCUT2D eigenvalue weighted by atomic mass is 19.4. The van der Waals surface area contributed by atoms with Gasteiger partial charge in [-0.15, -0.1) is 0 Å². The smallest absolute Gasteiger partial charge is 0.326 e. The van der Waals surface area contributed by atoms with Crippen LogP contribution in [0.5, 0.6) is 0 Å². The SMILES string of the molecule is Cc1cc(CN)ccc1Cn1c(C(F)(F)F)cccc1=O. The first-order chi connectivity index (χ1) is 9.82. The predicted molar refractivity (Wildman–Crippen MR) is 73.9 cm³/mol. The van der Waals surface area contributed by atoms with Crippen LogP contribution < -0.4 is 11.3 Å². The molecule has 1 aromatic carbocycles. The van der Waals surface area contributed by atoms with Gasteiger partial charge in [-0.05, 0) is 29.7 Å². The lowest BCUT2D eigenvalue weighted by Gasteiger charge is -2.16. The van der Waals surface area contributed by atoms with Gasteiger partial charge in [0.1, 0.15) is 5.69 Å². The quantitative estimate of drug-likeness (QED) is 0.946. The number of pyridine rings is 1. The van der Waals surface area contributed by atoms with Crippen molar-refractivity contribution in [1.29, 1.82) is 0 Å². The van der Waals surface area contributed by atoms with Crippen LogP contribution in [0.2, 0.25) is 0 Å². The largest absolute Gasteiger partial charge is 0.431 e. The van der Waals surface area contributed by atoms with Crippen LogP contribution in [-0.4, -0.2) is 4.57 Å². The molecule has 3 nitrogen and oxygen atoms in total. The number of nitrogens with zero attached hydrogens (tertiary/aromatic N) is 1. The van der Waals surface area contributed by atoms with Crippen molar-refractivity contribution in [3.63, 3.8) is 0 Å². The average Bonchev–Trinajstić information content (AvgIpc) is 2.41. The van der Waals surface area contributed by atoms with Crippen LogP contribution in [-0.2, 0) is 19.3 Å².